The van der Waals surface area contributed by atoms with Crippen LogP contribution in [0, 0.1) is 13.8 Å². The van der Waals surface area contributed by atoms with E-state index < -0.39 is 0 Å². The lowest BCUT2D eigenvalue weighted by Gasteiger charge is -1.98. The van der Waals surface area contributed by atoms with E-state index in [1.807, 2.05) is 26.0 Å². The Hall–Kier alpha value is -2.17. The van der Waals surface area contributed by atoms with Gasteiger partial charge in [0.1, 0.15) is 5.76 Å². The molecular formula is C11H10N4O. The number of hydrogen-bond donors (Lipinski definition) is 1. The largest absolute Gasteiger partial charge is 0.361 e. The van der Waals surface area contributed by atoms with Crippen LogP contribution in [0.15, 0.2) is 22.9 Å². The molecule has 0 aliphatic heterocycles. The SMILES string of the molecule is Cc1noc(C)c1-c1ccc2cn[nH]c2n1. The number of aromatic amines is 1. The predicted octanol–water partition coefficient (Wildman–Crippen LogP) is 2.23. The van der Waals surface area contributed by atoms with Gasteiger partial charge in [0.2, 0.25) is 0 Å². The number of aromatic nitrogens is 4. The molecule has 3 heterocycles. The molecule has 0 unspecified atom stereocenters. The normalized spacial score (nSPS) is 11.1. The third-order valence-electron chi connectivity index (χ3n) is 2.59. The van der Waals surface area contributed by atoms with Crippen LogP contribution in [0.4, 0.5) is 0 Å². The maximum Gasteiger partial charge on any atom is 0.155 e. The fourth-order valence-corrected chi connectivity index (χ4v) is 1.81. The molecule has 0 aliphatic rings. The molecule has 1 N–H and O–H groups in total. The molecule has 80 valence electrons. The standard InChI is InChI=1S/C11H10N4O/c1-6-10(7(2)16-15-6)9-4-3-8-5-12-14-11(8)13-9/h3-5H,1-2H3,(H,12,13,14). The number of pyridine rings is 1. The van der Waals surface area contributed by atoms with Crippen LogP contribution in [0.1, 0.15) is 11.5 Å². The van der Waals surface area contributed by atoms with Gasteiger partial charge in [0.25, 0.3) is 0 Å². The second-order valence-corrected chi connectivity index (χ2v) is 3.70. The number of aryl methyl sites for hydroxylation is 2. The van der Waals surface area contributed by atoms with Crippen molar-refractivity contribution in [3.05, 3.63) is 29.8 Å². The average molecular weight is 214 g/mol. The van der Waals surface area contributed by atoms with E-state index in [1.165, 1.54) is 0 Å². The highest BCUT2D eigenvalue weighted by Gasteiger charge is 2.13. The van der Waals surface area contributed by atoms with Gasteiger partial charge in [-0.3, -0.25) is 5.10 Å². The summed E-state index contributed by atoms with van der Waals surface area (Å²) in [5, 5.41) is 11.7. The predicted molar refractivity (Wildman–Crippen MR) is 58.9 cm³/mol. The highest BCUT2D eigenvalue weighted by molar-refractivity contribution is 5.78. The lowest BCUT2D eigenvalue weighted by molar-refractivity contribution is 0.393. The van der Waals surface area contributed by atoms with Gasteiger partial charge in [-0.05, 0) is 26.0 Å². The second kappa shape index (κ2) is 3.16. The minimum absolute atomic E-state index is 0.775. The van der Waals surface area contributed by atoms with Crippen LogP contribution in [-0.2, 0) is 0 Å². The first kappa shape index (κ1) is 9.08. The molecule has 16 heavy (non-hydrogen) atoms. The van der Waals surface area contributed by atoms with Gasteiger partial charge in [-0.1, -0.05) is 5.16 Å². The van der Waals surface area contributed by atoms with Gasteiger partial charge in [0.15, 0.2) is 5.65 Å². The average Bonchev–Trinajstić information content (AvgIpc) is 2.85. The lowest BCUT2D eigenvalue weighted by Crippen LogP contribution is -1.87. The summed E-state index contributed by atoms with van der Waals surface area (Å²) in [4.78, 5) is 4.48. The molecule has 3 aromatic heterocycles. The first-order valence-corrected chi connectivity index (χ1v) is 4.99. The van der Waals surface area contributed by atoms with Crippen LogP contribution in [0.3, 0.4) is 0 Å². The first-order valence-electron chi connectivity index (χ1n) is 4.99. The van der Waals surface area contributed by atoms with Crippen LogP contribution in [0.5, 0.6) is 0 Å². The Balaban J connectivity index is 2.25. The summed E-state index contributed by atoms with van der Waals surface area (Å²) >= 11 is 0. The summed E-state index contributed by atoms with van der Waals surface area (Å²) in [7, 11) is 0. The molecule has 0 amide bonds. The Labute approximate surface area is 91.5 Å². The smallest absolute Gasteiger partial charge is 0.155 e. The highest BCUT2D eigenvalue weighted by Crippen LogP contribution is 2.26. The van der Waals surface area contributed by atoms with Crippen LogP contribution in [0.25, 0.3) is 22.3 Å². The van der Waals surface area contributed by atoms with E-state index in [0.717, 1.165) is 33.7 Å². The van der Waals surface area contributed by atoms with E-state index >= 15 is 0 Å². The lowest BCUT2D eigenvalue weighted by atomic mass is 10.1. The molecule has 5 nitrogen and oxygen atoms in total. The van der Waals surface area contributed by atoms with E-state index in [9.17, 15) is 0 Å². The van der Waals surface area contributed by atoms with Crippen molar-refractivity contribution in [3.8, 4) is 11.3 Å². The molecule has 0 aliphatic carbocycles. The number of nitrogens with one attached hydrogen (secondary N) is 1. The monoisotopic (exact) mass is 214 g/mol. The summed E-state index contributed by atoms with van der Waals surface area (Å²) in [5.74, 6) is 0.781. The molecule has 0 spiro atoms. The van der Waals surface area contributed by atoms with Crippen molar-refractivity contribution < 1.29 is 4.52 Å². The number of nitrogens with zero attached hydrogens (tertiary/aromatic N) is 3. The molecule has 0 saturated heterocycles. The van der Waals surface area contributed by atoms with Crippen molar-refractivity contribution in [2.24, 2.45) is 0 Å². The summed E-state index contributed by atoms with van der Waals surface area (Å²) in [6.45, 7) is 3.79. The topological polar surface area (TPSA) is 67.6 Å². The summed E-state index contributed by atoms with van der Waals surface area (Å²) < 4.78 is 5.13. The second-order valence-electron chi connectivity index (χ2n) is 3.70. The van der Waals surface area contributed by atoms with E-state index in [0.29, 0.717) is 0 Å². The zero-order chi connectivity index (χ0) is 11.1. The summed E-state index contributed by atoms with van der Waals surface area (Å²) in [5.41, 5.74) is 3.44. The molecule has 3 rings (SSSR count). The van der Waals surface area contributed by atoms with E-state index in [-0.39, 0.29) is 0 Å². The molecule has 0 fully saturated rings. The maximum absolute atomic E-state index is 5.13. The number of rotatable bonds is 1. The summed E-state index contributed by atoms with van der Waals surface area (Å²) in [6, 6.07) is 3.93. The van der Waals surface area contributed by atoms with E-state index in [1.54, 1.807) is 6.20 Å². The molecule has 3 aromatic rings. The van der Waals surface area contributed by atoms with Gasteiger partial charge in [0, 0.05) is 5.39 Å². The number of fused-ring (bicyclic) bond motifs is 1. The highest BCUT2D eigenvalue weighted by atomic mass is 16.5. The Kier molecular flexibility index (Phi) is 1.80. The van der Waals surface area contributed by atoms with Crippen molar-refractivity contribution in [1.29, 1.82) is 0 Å². The van der Waals surface area contributed by atoms with E-state index in [2.05, 4.69) is 20.3 Å². The minimum Gasteiger partial charge on any atom is -0.361 e. The first-order chi connectivity index (χ1) is 7.75. The zero-order valence-electron chi connectivity index (χ0n) is 8.98. The van der Waals surface area contributed by atoms with Gasteiger partial charge in [0.05, 0.1) is 23.1 Å². The molecule has 0 bridgehead atoms. The van der Waals surface area contributed by atoms with Crippen LogP contribution in [0.2, 0.25) is 0 Å². The Morgan fingerprint density at radius 1 is 1.25 bits per heavy atom. The van der Waals surface area contributed by atoms with Gasteiger partial charge < -0.3 is 4.52 Å². The van der Waals surface area contributed by atoms with Crippen molar-refractivity contribution in [3.63, 3.8) is 0 Å². The number of hydrogen-bond acceptors (Lipinski definition) is 4. The maximum atomic E-state index is 5.13. The third kappa shape index (κ3) is 1.21. The molecule has 0 aromatic carbocycles. The van der Waals surface area contributed by atoms with Crippen molar-refractivity contribution in [2.75, 3.05) is 0 Å². The van der Waals surface area contributed by atoms with Gasteiger partial charge >= 0.3 is 0 Å². The van der Waals surface area contributed by atoms with Crippen molar-refractivity contribution in [1.82, 2.24) is 20.3 Å². The minimum atomic E-state index is 0.775. The van der Waals surface area contributed by atoms with Crippen LogP contribution >= 0.6 is 0 Å². The molecule has 0 atom stereocenters. The Morgan fingerprint density at radius 2 is 2.12 bits per heavy atom. The Bertz CT molecular complexity index is 633. The van der Waals surface area contributed by atoms with Crippen molar-refractivity contribution in [2.45, 2.75) is 13.8 Å². The third-order valence-corrected chi connectivity index (χ3v) is 2.59. The number of H-pyrrole nitrogens is 1. The van der Waals surface area contributed by atoms with Gasteiger partial charge in [-0.25, -0.2) is 4.98 Å². The van der Waals surface area contributed by atoms with Gasteiger partial charge in [-0.2, -0.15) is 5.10 Å². The Morgan fingerprint density at radius 3 is 2.88 bits per heavy atom. The van der Waals surface area contributed by atoms with E-state index in [4.69, 9.17) is 4.52 Å². The quantitative estimate of drug-likeness (QED) is 0.674. The molecule has 0 radical (unpaired) electrons. The molecule has 5 heteroatoms. The van der Waals surface area contributed by atoms with Crippen LogP contribution < -0.4 is 0 Å². The zero-order valence-corrected chi connectivity index (χ0v) is 8.98. The summed E-state index contributed by atoms with van der Waals surface area (Å²) in [6.07, 6.45) is 1.75. The van der Waals surface area contributed by atoms with Crippen molar-refractivity contribution >= 4 is 11.0 Å². The fraction of sp³-hybridized carbons (Fsp3) is 0.182. The molecular weight excluding hydrogens is 204 g/mol. The van der Waals surface area contributed by atoms with Crippen LogP contribution in [-0.4, -0.2) is 20.3 Å². The van der Waals surface area contributed by atoms with Gasteiger partial charge in [-0.15, -0.1) is 0 Å². The molecule has 0 saturated carbocycles. The fourth-order valence-electron chi connectivity index (χ4n) is 1.81.